The van der Waals surface area contributed by atoms with Gasteiger partial charge in [-0.2, -0.15) is 0 Å². The Morgan fingerprint density at radius 3 is 2.26 bits per heavy atom. The number of benzene rings is 2. The molecule has 0 unspecified atom stereocenters. The summed E-state index contributed by atoms with van der Waals surface area (Å²) in [5.74, 6) is -0.355. The molecule has 0 aliphatic rings. The Hall–Kier alpha value is -2.55. The lowest BCUT2D eigenvalue weighted by Crippen LogP contribution is -1.93. The van der Waals surface area contributed by atoms with Crippen LogP contribution in [0.4, 0.5) is 11.4 Å². The maximum absolute atomic E-state index is 11.0. The topological polar surface area (TPSA) is 38.3 Å². The van der Waals surface area contributed by atoms with Crippen molar-refractivity contribution in [3.05, 3.63) is 66.2 Å². The quantitative estimate of drug-likeness (QED) is 0.668. The van der Waals surface area contributed by atoms with E-state index in [2.05, 4.69) is 10.1 Å². The average Bonchev–Trinajstić information content (AvgIpc) is 2.47. The molecular weight excluding hydrogens is 238 g/mol. The first-order valence-corrected chi connectivity index (χ1v) is 5.96. The number of nitrogens with one attached hydrogen (secondary N) is 1. The Morgan fingerprint density at radius 1 is 1.00 bits per heavy atom. The van der Waals surface area contributed by atoms with E-state index in [1.807, 2.05) is 54.6 Å². The van der Waals surface area contributed by atoms with Gasteiger partial charge < -0.3 is 10.1 Å². The van der Waals surface area contributed by atoms with Crippen LogP contribution in [0.15, 0.2) is 60.7 Å². The standard InChI is InChI=1S/C16H15NO2/c1-19-16(18)12-9-13-7-10-15(11-8-13)17-14-5-3-2-4-6-14/h2-12,17H,1H3. The predicted molar refractivity (Wildman–Crippen MR) is 77.2 cm³/mol. The van der Waals surface area contributed by atoms with Gasteiger partial charge in [0.05, 0.1) is 7.11 Å². The van der Waals surface area contributed by atoms with Gasteiger partial charge >= 0.3 is 5.97 Å². The lowest BCUT2D eigenvalue weighted by Gasteiger charge is -2.06. The number of hydrogen-bond donors (Lipinski definition) is 1. The lowest BCUT2D eigenvalue weighted by atomic mass is 10.2. The van der Waals surface area contributed by atoms with Crippen molar-refractivity contribution in [2.24, 2.45) is 0 Å². The minimum Gasteiger partial charge on any atom is -0.466 e. The van der Waals surface area contributed by atoms with Crippen LogP contribution in [0, 0.1) is 0 Å². The van der Waals surface area contributed by atoms with Gasteiger partial charge in [-0.15, -0.1) is 0 Å². The van der Waals surface area contributed by atoms with Crippen LogP contribution < -0.4 is 5.32 Å². The molecule has 2 aromatic rings. The summed E-state index contributed by atoms with van der Waals surface area (Å²) in [4.78, 5) is 11.0. The van der Waals surface area contributed by atoms with Gasteiger partial charge in [-0.25, -0.2) is 4.79 Å². The molecule has 0 spiro atoms. The summed E-state index contributed by atoms with van der Waals surface area (Å²) in [7, 11) is 1.36. The van der Waals surface area contributed by atoms with Crippen LogP contribution in [-0.2, 0) is 9.53 Å². The highest BCUT2D eigenvalue weighted by molar-refractivity contribution is 5.87. The number of anilines is 2. The van der Waals surface area contributed by atoms with Crippen LogP contribution >= 0.6 is 0 Å². The first-order valence-electron chi connectivity index (χ1n) is 5.96. The van der Waals surface area contributed by atoms with E-state index in [-0.39, 0.29) is 5.97 Å². The van der Waals surface area contributed by atoms with Crippen molar-refractivity contribution in [3.8, 4) is 0 Å². The second kappa shape index (κ2) is 6.40. The fourth-order valence-electron chi connectivity index (χ4n) is 1.60. The molecule has 0 fully saturated rings. The molecule has 19 heavy (non-hydrogen) atoms. The number of ether oxygens (including phenoxy) is 1. The highest BCUT2D eigenvalue weighted by Crippen LogP contribution is 2.17. The molecule has 0 aliphatic heterocycles. The average molecular weight is 253 g/mol. The van der Waals surface area contributed by atoms with Crippen molar-refractivity contribution in [3.63, 3.8) is 0 Å². The van der Waals surface area contributed by atoms with Gasteiger partial charge in [0.25, 0.3) is 0 Å². The molecule has 0 aromatic heterocycles. The summed E-state index contributed by atoms with van der Waals surface area (Å²) >= 11 is 0. The van der Waals surface area contributed by atoms with Crippen LogP contribution in [-0.4, -0.2) is 13.1 Å². The number of hydrogen-bond acceptors (Lipinski definition) is 3. The summed E-state index contributed by atoms with van der Waals surface area (Å²) < 4.78 is 4.54. The third-order valence-corrected chi connectivity index (χ3v) is 2.59. The first-order chi connectivity index (χ1) is 9.28. The van der Waals surface area contributed by atoms with E-state index >= 15 is 0 Å². The molecule has 0 saturated heterocycles. The smallest absolute Gasteiger partial charge is 0.330 e. The minimum atomic E-state index is -0.355. The van der Waals surface area contributed by atoms with Gasteiger partial charge in [-0.05, 0) is 35.9 Å². The van der Waals surface area contributed by atoms with Crippen molar-refractivity contribution in [1.82, 2.24) is 0 Å². The normalized spacial score (nSPS) is 10.4. The molecule has 3 heteroatoms. The van der Waals surface area contributed by atoms with Gasteiger partial charge in [-0.3, -0.25) is 0 Å². The van der Waals surface area contributed by atoms with E-state index in [0.717, 1.165) is 16.9 Å². The van der Waals surface area contributed by atoms with Crippen molar-refractivity contribution < 1.29 is 9.53 Å². The van der Waals surface area contributed by atoms with Gasteiger partial charge in [0, 0.05) is 17.5 Å². The highest BCUT2D eigenvalue weighted by atomic mass is 16.5. The summed E-state index contributed by atoms with van der Waals surface area (Å²) in [6, 6.07) is 17.7. The molecule has 0 amide bonds. The lowest BCUT2D eigenvalue weighted by molar-refractivity contribution is -0.134. The van der Waals surface area contributed by atoms with Crippen molar-refractivity contribution in [1.29, 1.82) is 0 Å². The first kappa shape index (κ1) is 12.9. The van der Waals surface area contributed by atoms with E-state index in [0.29, 0.717) is 0 Å². The molecule has 0 saturated carbocycles. The minimum absolute atomic E-state index is 0.355. The molecule has 0 atom stereocenters. The molecule has 0 heterocycles. The molecule has 2 aromatic carbocycles. The fourth-order valence-corrected chi connectivity index (χ4v) is 1.60. The zero-order valence-electron chi connectivity index (χ0n) is 10.7. The summed E-state index contributed by atoms with van der Waals surface area (Å²) in [6.45, 7) is 0. The number of rotatable bonds is 4. The van der Waals surface area contributed by atoms with Gasteiger partial charge in [-0.1, -0.05) is 30.3 Å². The Balaban J connectivity index is 2.03. The van der Waals surface area contributed by atoms with Gasteiger partial charge in [0.2, 0.25) is 0 Å². The second-order valence-electron chi connectivity index (χ2n) is 3.97. The van der Waals surface area contributed by atoms with Crippen molar-refractivity contribution in [2.75, 3.05) is 12.4 Å². The van der Waals surface area contributed by atoms with Crippen LogP contribution in [0.5, 0.6) is 0 Å². The SMILES string of the molecule is COC(=O)C=Cc1ccc(Nc2ccccc2)cc1. The Labute approximate surface area is 112 Å². The summed E-state index contributed by atoms with van der Waals surface area (Å²) in [5.41, 5.74) is 2.99. The molecule has 2 rings (SSSR count). The molecule has 96 valence electrons. The number of carbonyl (C=O) groups excluding carboxylic acids is 1. The molecule has 0 aliphatic carbocycles. The van der Waals surface area contributed by atoms with E-state index in [1.165, 1.54) is 13.2 Å². The maximum atomic E-state index is 11.0. The third-order valence-electron chi connectivity index (χ3n) is 2.59. The number of methoxy groups -OCH3 is 1. The van der Waals surface area contributed by atoms with E-state index in [1.54, 1.807) is 6.08 Å². The molecule has 3 nitrogen and oxygen atoms in total. The van der Waals surface area contributed by atoms with E-state index < -0.39 is 0 Å². The van der Waals surface area contributed by atoms with Crippen LogP contribution in [0.1, 0.15) is 5.56 Å². The zero-order chi connectivity index (χ0) is 13.5. The maximum Gasteiger partial charge on any atom is 0.330 e. The molecular formula is C16H15NO2. The monoisotopic (exact) mass is 253 g/mol. The fraction of sp³-hybridized carbons (Fsp3) is 0.0625. The Morgan fingerprint density at radius 2 is 1.63 bits per heavy atom. The summed E-state index contributed by atoms with van der Waals surface area (Å²) in [5, 5.41) is 3.29. The third kappa shape index (κ3) is 4.00. The van der Waals surface area contributed by atoms with Crippen molar-refractivity contribution >= 4 is 23.4 Å². The highest BCUT2D eigenvalue weighted by Gasteiger charge is 1.95. The summed E-state index contributed by atoms with van der Waals surface area (Å²) in [6.07, 6.45) is 3.12. The zero-order valence-corrected chi connectivity index (χ0v) is 10.7. The molecule has 0 bridgehead atoms. The number of esters is 1. The predicted octanol–water partition coefficient (Wildman–Crippen LogP) is 3.62. The Kier molecular flexibility index (Phi) is 4.34. The van der Waals surface area contributed by atoms with Crippen LogP contribution in [0.2, 0.25) is 0 Å². The number of para-hydroxylation sites is 1. The van der Waals surface area contributed by atoms with Gasteiger partial charge in [0.15, 0.2) is 0 Å². The van der Waals surface area contributed by atoms with E-state index in [9.17, 15) is 4.79 Å². The van der Waals surface area contributed by atoms with Crippen LogP contribution in [0.3, 0.4) is 0 Å². The van der Waals surface area contributed by atoms with Crippen LogP contribution in [0.25, 0.3) is 6.08 Å². The molecule has 0 radical (unpaired) electrons. The largest absolute Gasteiger partial charge is 0.466 e. The molecule has 1 N–H and O–H groups in total. The van der Waals surface area contributed by atoms with Crippen molar-refractivity contribution in [2.45, 2.75) is 0 Å². The Bertz CT molecular complexity index is 559. The van der Waals surface area contributed by atoms with Gasteiger partial charge in [0.1, 0.15) is 0 Å². The van der Waals surface area contributed by atoms with E-state index in [4.69, 9.17) is 0 Å². The number of carbonyl (C=O) groups is 1. The second-order valence-corrected chi connectivity index (χ2v) is 3.97.